The van der Waals surface area contributed by atoms with Gasteiger partial charge in [0.1, 0.15) is 17.3 Å². The number of urea groups is 1. The third-order valence-corrected chi connectivity index (χ3v) is 5.87. The predicted octanol–water partition coefficient (Wildman–Crippen LogP) is 3.29. The number of amides is 2. The van der Waals surface area contributed by atoms with E-state index in [1.54, 1.807) is 4.90 Å². The zero-order chi connectivity index (χ0) is 18.8. The first-order chi connectivity index (χ1) is 13.1. The topological polar surface area (TPSA) is 44.8 Å². The summed E-state index contributed by atoms with van der Waals surface area (Å²) < 4.78 is 34.0. The molecule has 2 saturated heterocycles. The van der Waals surface area contributed by atoms with Crippen molar-refractivity contribution in [2.75, 3.05) is 31.1 Å². The molecule has 0 spiro atoms. The molecule has 0 bridgehead atoms. The van der Waals surface area contributed by atoms with E-state index in [4.69, 9.17) is 4.74 Å². The molecule has 2 unspecified atom stereocenters. The summed E-state index contributed by atoms with van der Waals surface area (Å²) in [5, 5.41) is 3.03. The molecule has 0 aromatic heterocycles. The molecule has 148 valence electrons. The van der Waals surface area contributed by atoms with Crippen molar-refractivity contribution in [2.24, 2.45) is 0 Å². The molecule has 4 rings (SSSR count). The van der Waals surface area contributed by atoms with Gasteiger partial charge >= 0.3 is 6.03 Å². The summed E-state index contributed by atoms with van der Waals surface area (Å²) in [4.78, 5) is 16.1. The molecule has 1 aromatic carbocycles. The van der Waals surface area contributed by atoms with Crippen LogP contribution in [-0.4, -0.2) is 55.4 Å². The molecule has 2 heterocycles. The van der Waals surface area contributed by atoms with Crippen LogP contribution in [0.25, 0.3) is 0 Å². The van der Waals surface area contributed by atoms with Crippen LogP contribution in [0.2, 0.25) is 0 Å². The molecule has 1 saturated carbocycles. The number of halogens is 2. The zero-order valence-corrected chi connectivity index (χ0v) is 15.5. The molecular formula is C20H27F2N3O2. The van der Waals surface area contributed by atoms with Crippen molar-refractivity contribution in [1.82, 2.24) is 10.2 Å². The smallest absolute Gasteiger partial charge is 0.317 e. The highest BCUT2D eigenvalue weighted by Crippen LogP contribution is 2.28. The van der Waals surface area contributed by atoms with Crippen molar-refractivity contribution in [1.29, 1.82) is 0 Å². The van der Waals surface area contributed by atoms with Gasteiger partial charge in [-0.2, -0.15) is 0 Å². The van der Waals surface area contributed by atoms with Gasteiger partial charge in [-0.05, 0) is 50.7 Å². The van der Waals surface area contributed by atoms with Crippen LogP contribution in [-0.2, 0) is 4.74 Å². The van der Waals surface area contributed by atoms with Crippen LogP contribution in [0.5, 0.6) is 0 Å². The molecule has 3 aliphatic rings. The molecule has 1 aliphatic carbocycles. The number of carbonyl (C=O) groups is 1. The van der Waals surface area contributed by atoms with Gasteiger partial charge in [-0.1, -0.05) is 6.07 Å². The minimum absolute atomic E-state index is 0.00110. The Morgan fingerprint density at radius 1 is 1.00 bits per heavy atom. The van der Waals surface area contributed by atoms with Crippen molar-refractivity contribution < 1.29 is 18.3 Å². The number of hydrogen-bond acceptors (Lipinski definition) is 3. The van der Waals surface area contributed by atoms with Gasteiger partial charge in [-0.15, -0.1) is 0 Å². The Labute approximate surface area is 158 Å². The third-order valence-electron chi connectivity index (χ3n) is 5.87. The van der Waals surface area contributed by atoms with Crippen LogP contribution in [0.1, 0.15) is 38.5 Å². The summed E-state index contributed by atoms with van der Waals surface area (Å²) in [6, 6.07) is 3.69. The number of para-hydroxylation sites is 1. The average Bonchev–Trinajstić information content (AvgIpc) is 3.06. The van der Waals surface area contributed by atoms with E-state index in [9.17, 15) is 13.6 Å². The highest BCUT2D eigenvalue weighted by molar-refractivity contribution is 5.75. The maximum absolute atomic E-state index is 14.0. The molecule has 2 atom stereocenters. The lowest BCUT2D eigenvalue weighted by Crippen LogP contribution is -2.51. The number of benzene rings is 1. The zero-order valence-electron chi connectivity index (χ0n) is 15.5. The van der Waals surface area contributed by atoms with E-state index >= 15 is 0 Å². The van der Waals surface area contributed by atoms with E-state index in [1.807, 2.05) is 4.90 Å². The molecule has 3 fully saturated rings. The van der Waals surface area contributed by atoms with E-state index < -0.39 is 11.6 Å². The quantitative estimate of drug-likeness (QED) is 0.873. The predicted molar refractivity (Wildman–Crippen MR) is 98.8 cm³/mol. The van der Waals surface area contributed by atoms with Gasteiger partial charge in [0.25, 0.3) is 0 Å². The Bertz CT molecular complexity index is 663. The lowest BCUT2D eigenvalue weighted by Gasteiger charge is -2.37. The normalized spacial score (nSPS) is 26.1. The standard InChI is InChI=1S/C20H27F2N3O2/c21-17-7-2-8-18(22)19(17)24-11-9-14(12-24)23-20(26)25-10-3-6-16(13-25)27-15-4-1-5-15/h2,7-8,14-16H,1,3-6,9-13H2,(H,23,26). The minimum atomic E-state index is -0.561. The van der Waals surface area contributed by atoms with Gasteiger partial charge in [-0.25, -0.2) is 13.6 Å². The maximum atomic E-state index is 14.0. The summed E-state index contributed by atoms with van der Waals surface area (Å²) in [5.41, 5.74) is 0.00110. The average molecular weight is 379 g/mol. The van der Waals surface area contributed by atoms with E-state index in [2.05, 4.69) is 5.32 Å². The third kappa shape index (κ3) is 4.18. The van der Waals surface area contributed by atoms with Crippen molar-refractivity contribution in [3.63, 3.8) is 0 Å². The molecule has 1 aromatic rings. The number of piperidine rings is 1. The summed E-state index contributed by atoms with van der Waals surface area (Å²) in [7, 11) is 0. The summed E-state index contributed by atoms with van der Waals surface area (Å²) in [6.45, 7) is 2.30. The highest BCUT2D eigenvalue weighted by Gasteiger charge is 2.32. The van der Waals surface area contributed by atoms with Crippen LogP contribution in [0.4, 0.5) is 19.3 Å². The van der Waals surface area contributed by atoms with E-state index in [-0.39, 0.29) is 23.9 Å². The molecule has 27 heavy (non-hydrogen) atoms. The molecule has 2 aliphatic heterocycles. The van der Waals surface area contributed by atoms with E-state index in [1.165, 1.54) is 24.6 Å². The number of hydrogen-bond donors (Lipinski definition) is 1. The van der Waals surface area contributed by atoms with Crippen LogP contribution in [0.15, 0.2) is 18.2 Å². The van der Waals surface area contributed by atoms with Crippen molar-refractivity contribution >= 4 is 11.7 Å². The van der Waals surface area contributed by atoms with Crippen LogP contribution in [0.3, 0.4) is 0 Å². The first-order valence-corrected chi connectivity index (χ1v) is 10.00. The van der Waals surface area contributed by atoms with Crippen molar-refractivity contribution in [3.8, 4) is 0 Å². The number of nitrogens with one attached hydrogen (secondary N) is 1. The first-order valence-electron chi connectivity index (χ1n) is 10.00. The van der Waals surface area contributed by atoms with Gasteiger partial charge in [0, 0.05) is 32.2 Å². The fourth-order valence-corrected chi connectivity index (χ4v) is 4.15. The Hall–Kier alpha value is -1.89. The van der Waals surface area contributed by atoms with Crippen LogP contribution in [0, 0.1) is 11.6 Å². The monoisotopic (exact) mass is 379 g/mol. The number of rotatable bonds is 4. The first kappa shape index (κ1) is 18.5. The Kier molecular flexibility index (Phi) is 5.48. The molecule has 2 amide bonds. The highest BCUT2D eigenvalue weighted by atomic mass is 19.1. The Balaban J connectivity index is 1.29. The van der Waals surface area contributed by atoms with Gasteiger partial charge < -0.3 is 19.9 Å². The summed E-state index contributed by atoms with van der Waals surface area (Å²) >= 11 is 0. The number of likely N-dealkylation sites (tertiary alicyclic amines) is 1. The fraction of sp³-hybridized carbons (Fsp3) is 0.650. The van der Waals surface area contributed by atoms with E-state index in [0.29, 0.717) is 32.2 Å². The number of carbonyl (C=O) groups excluding carboxylic acids is 1. The van der Waals surface area contributed by atoms with Crippen molar-refractivity contribution in [3.05, 3.63) is 29.8 Å². The maximum Gasteiger partial charge on any atom is 0.317 e. The van der Waals surface area contributed by atoms with Gasteiger partial charge in [0.15, 0.2) is 0 Å². The molecule has 5 nitrogen and oxygen atoms in total. The molecule has 7 heteroatoms. The molecular weight excluding hydrogens is 352 g/mol. The van der Waals surface area contributed by atoms with E-state index in [0.717, 1.165) is 32.2 Å². The van der Waals surface area contributed by atoms with Gasteiger partial charge in [-0.3, -0.25) is 0 Å². The second-order valence-electron chi connectivity index (χ2n) is 7.85. The Morgan fingerprint density at radius 2 is 1.74 bits per heavy atom. The van der Waals surface area contributed by atoms with Crippen LogP contribution < -0.4 is 10.2 Å². The summed E-state index contributed by atoms with van der Waals surface area (Å²) in [5.74, 6) is -1.12. The minimum Gasteiger partial charge on any atom is -0.373 e. The largest absolute Gasteiger partial charge is 0.373 e. The van der Waals surface area contributed by atoms with Crippen molar-refractivity contribution in [2.45, 2.75) is 56.8 Å². The second kappa shape index (κ2) is 8.00. The van der Waals surface area contributed by atoms with Gasteiger partial charge in [0.2, 0.25) is 0 Å². The fourth-order valence-electron chi connectivity index (χ4n) is 4.15. The lowest BCUT2D eigenvalue weighted by atomic mass is 9.95. The number of nitrogens with zero attached hydrogens (tertiary/aromatic N) is 2. The lowest BCUT2D eigenvalue weighted by molar-refractivity contribution is -0.0721. The molecule has 1 N–H and O–H groups in total. The van der Waals surface area contributed by atoms with Gasteiger partial charge in [0.05, 0.1) is 12.2 Å². The number of ether oxygens (including phenoxy) is 1. The van der Waals surface area contributed by atoms with Crippen LogP contribution >= 0.6 is 0 Å². The second-order valence-corrected chi connectivity index (χ2v) is 7.85. The summed E-state index contributed by atoms with van der Waals surface area (Å²) in [6.07, 6.45) is 6.63. The SMILES string of the molecule is O=C(NC1CCN(c2c(F)cccc2F)C1)N1CCCC(OC2CCC2)C1. The molecule has 0 radical (unpaired) electrons. The Morgan fingerprint density at radius 3 is 2.44 bits per heavy atom. The number of anilines is 1.